The molecule has 1 saturated carbocycles. The molecule has 0 radical (unpaired) electrons. The summed E-state index contributed by atoms with van der Waals surface area (Å²) in [6, 6.07) is 9.71. The Balaban J connectivity index is 1.94. The largest absolute Gasteiger partial charge is 0.294 e. The molecule has 2 aliphatic rings. The van der Waals surface area contributed by atoms with E-state index in [0.29, 0.717) is 17.6 Å². The predicted octanol–water partition coefficient (Wildman–Crippen LogP) is 3.47. The molecule has 2 aliphatic carbocycles. The molecule has 0 aromatic heterocycles. The number of allylic oxidation sites excluding steroid dienone is 2. The van der Waals surface area contributed by atoms with Crippen molar-refractivity contribution in [3.63, 3.8) is 0 Å². The Morgan fingerprint density at radius 3 is 2.56 bits per heavy atom. The fraction of sp³-hybridized carbons (Fsp3) is 0.400. The van der Waals surface area contributed by atoms with Gasteiger partial charge in [0.1, 0.15) is 0 Å². The van der Waals surface area contributed by atoms with Crippen molar-refractivity contribution >= 4 is 5.78 Å². The third kappa shape index (κ3) is 1.27. The highest BCUT2D eigenvalue weighted by molar-refractivity contribution is 6.01. The van der Waals surface area contributed by atoms with Crippen molar-refractivity contribution in [2.45, 2.75) is 19.8 Å². The van der Waals surface area contributed by atoms with Gasteiger partial charge in [-0.25, -0.2) is 0 Å². The van der Waals surface area contributed by atoms with Crippen molar-refractivity contribution in [1.82, 2.24) is 0 Å². The lowest BCUT2D eigenvalue weighted by Gasteiger charge is -2.29. The van der Waals surface area contributed by atoms with Gasteiger partial charge >= 0.3 is 0 Å². The molecule has 0 saturated heterocycles. The molecule has 0 amide bonds. The molecule has 0 spiro atoms. The maximum atomic E-state index is 12.5. The average Bonchev–Trinajstić information content (AvgIpc) is 2.89. The van der Waals surface area contributed by atoms with E-state index >= 15 is 0 Å². The first-order valence-electron chi connectivity index (χ1n) is 5.98. The summed E-state index contributed by atoms with van der Waals surface area (Å²) in [4.78, 5) is 12.5. The van der Waals surface area contributed by atoms with Crippen LogP contribution in [-0.4, -0.2) is 5.78 Å². The van der Waals surface area contributed by atoms with Crippen LogP contribution in [0, 0.1) is 17.3 Å². The van der Waals surface area contributed by atoms with E-state index in [1.54, 1.807) is 0 Å². The van der Waals surface area contributed by atoms with Crippen LogP contribution in [-0.2, 0) is 0 Å². The highest BCUT2D eigenvalue weighted by atomic mass is 16.1. The SMILES string of the molecule is C[C@@]1(C(=O)c2ccccc2)C[C@H]2C=C[C@@H]1C2. The van der Waals surface area contributed by atoms with E-state index in [0.717, 1.165) is 12.0 Å². The van der Waals surface area contributed by atoms with Crippen LogP contribution in [0.3, 0.4) is 0 Å². The number of hydrogen-bond acceptors (Lipinski definition) is 1. The molecule has 1 aromatic rings. The van der Waals surface area contributed by atoms with Crippen LogP contribution in [0.2, 0.25) is 0 Å². The summed E-state index contributed by atoms with van der Waals surface area (Å²) in [7, 11) is 0. The highest BCUT2D eigenvalue weighted by Gasteiger charge is 2.49. The molecule has 0 heterocycles. The van der Waals surface area contributed by atoms with E-state index in [4.69, 9.17) is 0 Å². The molecule has 1 fully saturated rings. The average molecular weight is 212 g/mol. The van der Waals surface area contributed by atoms with Crippen LogP contribution < -0.4 is 0 Å². The molecular weight excluding hydrogens is 196 g/mol. The minimum Gasteiger partial charge on any atom is -0.294 e. The van der Waals surface area contributed by atoms with Gasteiger partial charge in [0.2, 0.25) is 0 Å². The van der Waals surface area contributed by atoms with Crippen LogP contribution in [0.1, 0.15) is 30.1 Å². The molecule has 1 heteroatoms. The van der Waals surface area contributed by atoms with Gasteiger partial charge in [-0.15, -0.1) is 0 Å². The quantitative estimate of drug-likeness (QED) is 0.542. The van der Waals surface area contributed by atoms with E-state index in [2.05, 4.69) is 19.1 Å². The number of benzene rings is 1. The van der Waals surface area contributed by atoms with E-state index < -0.39 is 0 Å². The summed E-state index contributed by atoms with van der Waals surface area (Å²) >= 11 is 0. The van der Waals surface area contributed by atoms with Gasteiger partial charge in [-0.1, -0.05) is 49.4 Å². The molecule has 1 nitrogen and oxygen atoms in total. The van der Waals surface area contributed by atoms with Crippen molar-refractivity contribution < 1.29 is 4.79 Å². The second kappa shape index (κ2) is 3.31. The smallest absolute Gasteiger partial charge is 0.169 e. The standard InChI is InChI=1S/C15H16O/c1-15(10-11-7-8-13(15)9-11)14(16)12-5-3-2-4-6-12/h2-8,11,13H,9-10H2,1H3/t11-,13+,15+/m0/s1. The second-order valence-corrected chi connectivity index (χ2v) is 5.30. The summed E-state index contributed by atoms with van der Waals surface area (Å²) in [6.07, 6.45) is 6.73. The first-order chi connectivity index (χ1) is 7.70. The van der Waals surface area contributed by atoms with Gasteiger partial charge in [0, 0.05) is 11.0 Å². The Hall–Kier alpha value is -1.37. The Kier molecular flexibility index (Phi) is 2.03. The summed E-state index contributed by atoms with van der Waals surface area (Å²) in [6.45, 7) is 2.14. The van der Waals surface area contributed by atoms with Crippen LogP contribution in [0.15, 0.2) is 42.5 Å². The number of carbonyl (C=O) groups excluding carboxylic acids is 1. The third-order valence-corrected chi connectivity index (χ3v) is 4.23. The third-order valence-electron chi connectivity index (χ3n) is 4.23. The number of carbonyl (C=O) groups is 1. The van der Waals surface area contributed by atoms with E-state index in [1.165, 1.54) is 6.42 Å². The summed E-state index contributed by atoms with van der Waals surface area (Å²) < 4.78 is 0. The van der Waals surface area contributed by atoms with Gasteiger partial charge in [-0.2, -0.15) is 0 Å². The lowest BCUT2D eigenvalue weighted by molar-refractivity contribution is 0.0776. The zero-order chi connectivity index (χ0) is 11.2. The topological polar surface area (TPSA) is 17.1 Å². The molecule has 0 aliphatic heterocycles. The second-order valence-electron chi connectivity index (χ2n) is 5.30. The van der Waals surface area contributed by atoms with Crippen molar-refractivity contribution in [3.8, 4) is 0 Å². The lowest BCUT2D eigenvalue weighted by atomic mass is 9.72. The van der Waals surface area contributed by atoms with Crippen LogP contribution in [0.5, 0.6) is 0 Å². The summed E-state index contributed by atoms with van der Waals surface area (Å²) in [5, 5.41) is 0. The highest BCUT2D eigenvalue weighted by Crippen LogP contribution is 2.53. The van der Waals surface area contributed by atoms with Gasteiger partial charge in [0.05, 0.1) is 0 Å². The summed E-state index contributed by atoms with van der Waals surface area (Å²) in [5.74, 6) is 1.43. The lowest BCUT2D eigenvalue weighted by Crippen LogP contribution is -2.32. The molecule has 1 aromatic carbocycles. The first kappa shape index (κ1) is 9.83. The first-order valence-corrected chi connectivity index (χ1v) is 5.98. The van der Waals surface area contributed by atoms with Gasteiger partial charge in [0.15, 0.2) is 5.78 Å². The summed E-state index contributed by atoms with van der Waals surface area (Å²) in [5.41, 5.74) is 0.715. The Morgan fingerprint density at radius 1 is 1.25 bits per heavy atom. The molecule has 0 unspecified atom stereocenters. The zero-order valence-electron chi connectivity index (χ0n) is 9.52. The molecular formula is C15H16O. The van der Waals surface area contributed by atoms with Gasteiger partial charge in [0.25, 0.3) is 0 Å². The van der Waals surface area contributed by atoms with Gasteiger partial charge < -0.3 is 0 Å². The minimum absolute atomic E-state index is 0.152. The number of ketones is 1. The van der Waals surface area contributed by atoms with Crippen molar-refractivity contribution in [1.29, 1.82) is 0 Å². The minimum atomic E-state index is -0.152. The number of Topliss-reactive ketones (excluding diaryl/α,β-unsaturated/α-hetero) is 1. The van der Waals surface area contributed by atoms with Crippen LogP contribution in [0.4, 0.5) is 0 Å². The van der Waals surface area contributed by atoms with Crippen molar-refractivity contribution in [2.24, 2.45) is 17.3 Å². The number of hydrogen-bond donors (Lipinski definition) is 0. The Labute approximate surface area is 96.2 Å². The predicted molar refractivity (Wildman–Crippen MR) is 64.2 cm³/mol. The van der Waals surface area contributed by atoms with E-state index in [9.17, 15) is 4.79 Å². The number of rotatable bonds is 2. The molecule has 0 N–H and O–H groups in total. The van der Waals surface area contributed by atoms with E-state index in [-0.39, 0.29) is 5.41 Å². The molecule has 3 atom stereocenters. The fourth-order valence-electron chi connectivity index (χ4n) is 3.27. The van der Waals surface area contributed by atoms with Gasteiger partial charge in [-0.3, -0.25) is 4.79 Å². The fourth-order valence-corrected chi connectivity index (χ4v) is 3.27. The van der Waals surface area contributed by atoms with Crippen molar-refractivity contribution in [3.05, 3.63) is 48.0 Å². The number of fused-ring (bicyclic) bond motifs is 2. The van der Waals surface area contributed by atoms with E-state index in [1.807, 2.05) is 30.3 Å². The van der Waals surface area contributed by atoms with Crippen LogP contribution in [0.25, 0.3) is 0 Å². The monoisotopic (exact) mass is 212 g/mol. The Bertz CT molecular complexity index is 446. The molecule has 16 heavy (non-hydrogen) atoms. The Morgan fingerprint density at radius 2 is 2.00 bits per heavy atom. The zero-order valence-corrected chi connectivity index (χ0v) is 9.52. The van der Waals surface area contributed by atoms with Gasteiger partial charge in [-0.05, 0) is 24.7 Å². The van der Waals surface area contributed by atoms with Crippen LogP contribution >= 0.6 is 0 Å². The molecule has 3 rings (SSSR count). The maximum absolute atomic E-state index is 12.5. The van der Waals surface area contributed by atoms with Crippen molar-refractivity contribution in [2.75, 3.05) is 0 Å². The molecule has 2 bridgehead atoms. The molecule has 82 valence electrons. The normalized spacial score (nSPS) is 35.6. The maximum Gasteiger partial charge on any atom is 0.169 e.